The van der Waals surface area contributed by atoms with Gasteiger partial charge in [-0.05, 0) is 25.5 Å². The fourth-order valence-corrected chi connectivity index (χ4v) is 1.91. The Bertz CT molecular complexity index is 386. The highest BCUT2D eigenvalue weighted by atomic mass is 19.4. The summed E-state index contributed by atoms with van der Waals surface area (Å²) in [5.41, 5.74) is -0.915. The number of aromatic nitrogens is 2. The third-order valence-electron chi connectivity index (χ3n) is 2.83. The minimum absolute atomic E-state index is 0.0403. The van der Waals surface area contributed by atoms with E-state index < -0.39 is 11.9 Å². The highest BCUT2D eigenvalue weighted by Gasteiger charge is 2.32. The van der Waals surface area contributed by atoms with Gasteiger partial charge in [0.25, 0.3) is 0 Å². The first-order chi connectivity index (χ1) is 8.55. The van der Waals surface area contributed by atoms with Crippen LogP contribution in [0.2, 0.25) is 0 Å². The number of anilines is 1. The standard InChI is InChI=1S/C11H15F3N4/c12-11(13,14)9-4-6-16-10(18-9)17-8-3-1-2-5-15-7-8/h4,6,8,15H,1-3,5,7H2,(H,16,17,18). The van der Waals surface area contributed by atoms with Crippen LogP contribution in [0, 0.1) is 0 Å². The van der Waals surface area contributed by atoms with E-state index in [-0.39, 0.29) is 12.0 Å². The summed E-state index contributed by atoms with van der Waals surface area (Å²) in [5, 5.41) is 6.17. The van der Waals surface area contributed by atoms with Crippen LogP contribution in [0.3, 0.4) is 0 Å². The second kappa shape index (κ2) is 5.51. The molecule has 0 aromatic carbocycles. The largest absolute Gasteiger partial charge is 0.433 e. The molecule has 1 aromatic rings. The van der Waals surface area contributed by atoms with Crippen molar-refractivity contribution in [2.45, 2.75) is 31.5 Å². The number of hydrogen-bond donors (Lipinski definition) is 2. The van der Waals surface area contributed by atoms with Crippen LogP contribution in [-0.2, 0) is 6.18 Å². The van der Waals surface area contributed by atoms with Crippen LogP contribution in [0.5, 0.6) is 0 Å². The van der Waals surface area contributed by atoms with Crippen LogP contribution >= 0.6 is 0 Å². The monoisotopic (exact) mass is 260 g/mol. The van der Waals surface area contributed by atoms with E-state index in [1.165, 1.54) is 0 Å². The zero-order valence-corrected chi connectivity index (χ0v) is 9.80. The Morgan fingerprint density at radius 1 is 1.33 bits per heavy atom. The van der Waals surface area contributed by atoms with E-state index in [4.69, 9.17) is 0 Å². The maximum absolute atomic E-state index is 12.5. The molecular weight excluding hydrogens is 245 g/mol. The molecule has 18 heavy (non-hydrogen) atoms. The van der Waals surface area contributed by atoms with E-state index in [2.05, 4.69) is 20.6 Å². The summed E-state index contributed by atoms with van der Waals surface area (Å²) in [6, 6.07) is 0.951. The normalized spacial score (nSPS) is 21.4. The van der Waals surface area contributed by atoms with Gasteiger partial charge in [0, 0.05) is 18.8 Å². The summed E-state index contributed by atoms with van der Waals surface area (Å²) < 4.78 is 37.4. The molecule has 4 nitrogen and oxygen atoms in total. The lowest BCUT2D eigenvalue weighted by Gasteiger charge is -2.16. The van der Waals surface area contributed by atoms with Gasteiger partial charge in [-0.15, -0.1) is 0 Å². The molecule has 1 atom stereocenters. The molecule has 1 aromatic heterocycles. The van der Waals surface area contributed by atoms with Crippen LogP contribution in [-0.4, -0.2) is 29.1 Å². The maximum Gasteiger partial charge on any atom is 0.433 e. The summed E-state index contributed by atoms with van der Waals surface area (Å²) in [6.07, 6.45) is -0.263. The van der Waals surface area contributed by atoms with Crippen molar-refractivity contribution in [1.29, 1.82) is 0 Å². The molecule has 0 amide bonds. The van der Waals surface area contributed by atoms with Crippen molar-refractivity contribution in [2.24, 2.45) is 0 Å². The van der Waals surface area contributed by atoms with Crippen molar-refractivity contribution < 1.29 is 13.2 Å². The van der Waals surface area contributed by atoms with Gasteiger partial charge in [-0.1, -0.05) is 6.42 Å². The molecule has 2 rings (SSSR count). The van der Waals surface area contributed by atoms with Gasteiger partial charge in [0.15, 0.2) is 0 Å². The first kappa shape index (κ1) is 13.1. The summed E-state index contributed by atoms with van der Waals surface area (Å²) >= 11 is 0. The summed E-state index contributed by atoms with van der Waals surface area (Å²) in [6.45, 7) is 1.67. The molecule has 7 heteroatoms. The fourth-order valence-electron chi connectivity index (χ4n) is 1.91. The summed E-state index contributed by atoms with van der Waals surface area (Å²) in [4.78, 5) is 7.32. The topological polar surface area (TPSA) is 49.8 Å². The Morgan fingerprint density at radius 3 is 2.94 bits per heavy atom. The van der Waals surface area contributed by atoms with Crippen LogP contribution < -0.4 is 10.6 Å². The Hall–Kier alpha value is -1.37. The van der Waals surface area contributed by atoms with Gasteiger partial charge in [0.05, 0.1) is 0 Å². The Balaban J connectivity index is 2.04. The van der Waals surface area contributed by atoms with Gasteiger partial charge in [-0.2, -0.15) is 13.2 Å². The molecule has 0 bridgehead atoms. The first-order valence-corrected chi connectivity index (χ1v) is 5.93. The van der Waals surface area contributed by atoms with E-state index in [0.717, 1.165) is 44.6 Å². The molecule has 2 heterocycles. The second-order valence-electron chi connectivity index (χ2n) is 4.30. The molecule has 0 spiro atoms. The van der Waals surface area contributed by atoms with E-state index in [1.54, 1.807) is 0 Å². The van der Waals surface area contributed by atoms with Crippen molar-refractivity contribution in [2.75, 3.05) is 18.4 Å². The van der Waals surface area contributed by atoms with Gasteiger partial charge >= 0.3 is 6.18 Å². The van der Waals surface area contributed by atoms with Gasteiger partial charge in [-0.3, -0.25) is 0 Å². The number of nitrogens with zero attached hydrogens (tertiary/aromatic N) is 2. The van der Waals surface area contributed by atoms with E-state index in [9.17, 15) is 13.2 Å². The number of halogens is 3. The number of alkyl halides is 3. The van der Waals surface area contributed by atoms with Crippen molar-refractivity contribution in [3.05, 3.63) is 18.0 Å². The van der Waals surface area contributed by atoms with E-state index >= 15 is 0 Å². The molecule has 0 radical (unpaired) electrons. The minimum Gasteiger partial charge on any atom is -0.350 e. The van der Waals surface area contributed by atoms with Crippen molar-refractivity contribution in [3.8, 4) is 0 Å². The molecule has 0 aliphatic carbocycles. The smallest absolute Gasteiger partial charge is 0.350 e. The predicted molar refractivity (Wildman–Crippen MR) is 61.2 cm³/mol. The van der Waals surface area contributed by atoms with E-state index in [1.807, 2.05) is 0 Å². The van der Waals surface area contributed by atoms with E-state index in [0.29, 0.717) is 0 Å². The zero-order chi connectivity index (χ0) is 13.0. The van der Waals surface area contributed by atoms with Crippen LogP contribution in [0.15, 0.2) is 12.3 Å². The lowest BCUT2D eigenvalue weighted by molar-refractivity contribution is -0.141. The van der Waals surface area contributed by atoms with Crippen LogP contribution in [0.4, 0.5) is 19.1 Å². The number of hydrogen-bond acceptors (Lipinski definition) is 4. The van der Waals surface area contributed by atoms with Gasteiger partial charge in [0.2, 0.25) is 5.95 Å². The van der Waals surface area contributed by atoms with Crippen LogP contribution in [0.1, 0.15) is 25.0 Å². The molecule has 1 fully saturated rings. The molecular formula is C11H15F3N4. The molecule has 0 saturated carbocycles. The average Bonchev–Trinajstić information content (AvgIpc) is 2.57. The lowest BCUT2D eigenvalue weighted by atomic mass is 10.1. The molecule has 1 aliphatic rings. The Morgan fingerprint density at radius 2 is 2.17 bits per heavy atom. The SMILES string of the molecule is FC(F)(F)c1ccnc(NC2CCCCNC2)n1. The van der Waals surface area contributed by atoms with Gasteiger partial charge in [-0.25, -0.2) is 9.97 Å². The van der Waals surface area contributed by atoms with Crippen molar-refractivity contribution >= 4 is 5.95 Å². The third kappa shape index (κ3) is 3.56. The highest BCUT2D eigenvalue weighted by molar-refractivity contribution is 5.27. The second-order valence-corrected chi connectivity index (χ2v) is 4.30. The average molecular weight is 260 g/mol. The molecule has 1 unspecified atom stereocenters. The molecule has 1 aliphatic heterocycles. The van der Waals surface area contributed by atoms with Crippen molar-refractivity contribution in [1.82, 2.24) is 15.3 Å². The highest BCUT2D eigenvalue weighted by Crippen LogP contribution is 2.27. The zero-order valence-electron chi connectivity index (χ0n) is 9.80. The fraction of sp³-hybridized carbons (Fsp3) is 0.636. The maximum atomic E-state index is 12.5. The predicted octanol–water partition coefficient (Wildman–Crippen LogP) is 2.05. The molecule has 2 N–H and O–H groups in total. The Kier molecular flexibility index (Phi) is 4.00. The number of nitrogens with one attached hydrogen (secondary N) is 2. The Labute approximate surface area is 103 Å². The molecule has 1 saturated heterocycles. The summed E-state index contributed by atoms with van der Waals surface area (Å²) in [7, 11) is 0. The van der Waals surface area contributed by atoms with Gasteiger partial charge in [0.1, 0.15) is 5.69 Å². The first-order valence-electron chi connectivity index (χ1n) is 5.93. The quantitative estimate of drug-likeness (QED) is 0.854. The third-order valence-corrected chi connectivity index (χ3v) is 2.83. The van der Waals surface area contributed by atoms with Gasteiger partial charge < -0.3 is 10.6 Å². The summed E-state index contributed by atoms with van der Waals surface area (Å²) in [5.74, 6) is 0.0403. The minimum atomic E-state index is -4.43. The van der Waals surface area contributed by atoms with Crippen LogP contribution in [0.25, 0.3) is 0 Å². The number of rotatable bonds is 2. The lowest BCUT2D eigenvalue weighted by Crippen LogP contribution is -2.31. The van der Waals surface area contributed by atoms with Crippen molar-refractivity contribution in [3.63, 3.8) is 0 Å². The molecule has 100 valence electrons.